The van der Waals surface area contributed by atoms with E-state index in [1.807, 2.05) is 0 Å². The molecule has 1 unspecified atom stereocenters. The summed E-state index contributed by atoms with van der Waals surface area (Å²) >= 11 is 0. The molecule has 0 heterocycles. The maximum atomic E-state index is 6.32. The van der Waals surface area contributed by atoms with Crippen molar-refractivity contribution in [3.63, 3.8) is 0 Å². The fraction of sp³-hybridized carbons (Fsp3) is 1.00. The Labute approximate surface area is 96.7 Å². The minimum atomic E-state index is -1.94. The van der Waals surface area contributed by atoms with Gasteiger partial charge in [0.25, 0.3) is 0 Å². The van der Waals surface area contributed by atoms with E-state index >= 15 is 0 Å². The van der Waals surface area contributed by atoms with Crippen LogP contribution in [-0.2, 0) is 8.54 Å². The Morgan fingerprint density at radius 1 is 1.13 bits per heavy atom. The minimum Gasteiger partial charge on any atom is -0.436 e. The van der Waals surface area contributed by atoms with E-state index in [1.165, 1.54) is 12.5 Å². The van der Waals surface area contributed by atoms with E-state index in [-0.39, 0.29) is 0 Å². The molecule has 92 valence electrons. The molecule has 0 aromatic heterocycles. The molecule has 0 amide bonds. The fourth-order valence-electron chi connectivity index (χ4n) is 1.86. The summed E-state index contributed by atoms with van der Waals surface area (Å²) in [5.41, 5.74) is 5.54. The molecule has 5 heteroatoms. The standard InChI is InChI=1S/C10H27NO2Si2/c1-6-9-14(3,4)13-15(5,12-2)10-7-8-11/h6-11H2,1-5H3. The molecule has 0 saturated heterocycles. The van der Waals surface area contributed by atoms with Gasteiger partial charge in [0.1, 0.15) is 0 Å². The predicted molar refractivity (Wildman–Crippen MR) is 70.8 cm³/mol. The normalized spacial score (nSPS) is 16.4. The van der Waals surface area contributed by atoms with Gasteiger partial charge in [-0.2, -0.15) is 0 Å². The quantitative estimate of drug-likeness (QED) is 0.673. The summed E-state index contributed by atoms with van der Waals surface area (Å²) in [7, 11) is -1.67. The maximum Gasteiger partial charge on any atom is 0.324 e. The van der Waals surface area contributed by atoms with Gasteiger partial charge in [0, 0.05) is 7.11 Å². The van der Waals surface area contributed by atoms with Gasteiger partial charge in [-0.3, -0.25) is 0 Å². The summed E-state index contributed by atoms with van der Waals surface area (Å²) in [6, 6.07) is 2.22. The van der Waals surface area contributed by atoms with E-state index in [0.717, 1.165) is 19.0 Å². The topological polar surface area (TPSA) is 44.5 Å². The summed E-state index contributed by atoms with van der Waals surface area (Å²) in [5.74, 6) is 0. The first-order chi connectivity index (χ1) is 6.89. The van der Waals surface area contributed by atoms with Crippen LogP contribution in [0.2, 0.25) is 31.7 Å². The summed E-state index contributed by atoms with van der Waals surface area (Å²) in [6.07, 6.45) is 2.21. The Hall–Kier alpha value is 0.314. The van der Waals surface area contributed by atoms with Gasteiger partial charge in [-0.25, -0.2) is 0 Å². The van der Waals surface area contributed by atoms with Gasteiger partial charge in [0.15, 0.2) is 8.32 Å². The molecular weight excluding hydrogens is 222 g/mol. The van der Waals surface area contributed by atoms with Crippen LogP contribution in [0.4, 0.5) is 0 Å². The average molecular weight is 250 g/mol. The molecule has 15 heavy (non-hydrogen) atoms. The highest BCUT2D eigenvalue weighted by molar-refractivity contribution is 6.82. The second-order valence-corrected chi connectivity index (χ2v) is 12.9. The lowest BCUT2D eigenvalue weighted by Crippen LogP contribution is -2.48. The van der Waals surface area contributed by atoms with Gasteiger partial charge in [0.2, 0.25) is 0 Å². The van der Waals surface area contributed by atoms with E-state index in [2.05, 4.69) is 26.6 Å². The molecule has 0 bridgehead atoms. The summed E-state index contributed by atoms with van der Waals surface area (Å²) in [6.45, 7) is 9.66. The Bertz CT molecular complexity index is 179. The minimum absolute atomic E-state index is 0.727. The van der Waals surface area contributed by atoms with Crippen LogP contribution >= 0.6 is 0 Å². The van der Waals surface area contributed by atoms with E-state index in [0.29, 0.717) is 0 Å². The third-order valence-corrected chi connectivity index (χ3v) is 10.4. The largest absolute Gasteiger partial charge is 0.436 e. The SMILES string of the molecule is CCC[Si](C)(C)O[Si](C)(CCCN)OC. The lowest BCUT2D eigenvalue weighted by Gasteiger charge is -2.34. The highest BCUT2D eigenvalue weighted by Crippen LogP contribution is 2.23. The fourth-order valence-corrected chi connectivity index (χ4v) is 9.94. The van der Waals surface area contributed by atoms with E-state index in [1.54, 1.807) is 7.11 Å². The van der Waals surface area contributed by atoms with Crippen LogP contribution in [0, 0.1) is 0 Å². The summed E-state index contributed by atoms with van der Waals surface area (Å²) in [5, 5.41) is 0. The first-order valence-corrected chi connectivity index (χ1v) is 11.5. The molecule has 0 aliphatic rings. The Kier molecular flexibility index (Phi) is 6.94. The van der Waals surface area contributed by atoms with Crippen molar-refractivity contribution in [2.24, 2.45) is 5.73 Å². The molecule has 0 aromatic rings. The first kappa shape index (κ1) is 15.3. The molecular formula is C10H27NO2Si2. The van der Waals surface area contributed by atoms with Crippen LogP contribution < -0.4 is 5.73 Å². The monoisotopic (exact) mass is 249 g/mol. The van der Waals surface area contributed by atoms with Crippen LogP contribution in [0.3, 0.4) is 0 Å². The average Bonchev–Trinajstić information content (AvgIpc) is 2.14. The molecule has 0 saturated carbocycles. The second-order valence-electron chi connectivity index (χ2n) is 4.84. The van der Waals surface area contributed by atoms with Gasteiger partial charge in [-0.15, -0.1) is 0 Å². The van der Waals surface area contributed by atoms with Gasteiger partial charge < -0.3 is 14.3 Å². The van der Waals surface area contributed by atoms with Crippen LogP contribution in [-0.4, -0.2) is 30.5 Å². The molecule has 3 nitrogen and oxygen atoms in total. The van der Waals surface area contributed by atoms with Crippen molar-refractivity contribution in [3.8, 4) is 0 Å². The molecule has 0 rings (SSSR count). The number of hydrogen-bond acceptors (Lipinski definition) is 3. The van der Waals surface area contributed by atoms with Gasteiger partial charge in [0.05, 0.1) is 0 Å². The highest BCUT2D eigenvalue weighted by atomic mass is 28.4. The highest BCUT2D eigenvalue weighted by Gasteiger charge is 2.36. The summed E-state index contributed by atoms with van der Waals surface area (Å²) in [4.78, 5) is 0. The number of nitrogens with two attached hydrogens (primary N) is 1. The van der Waals surface area contributed by atoms with Crippen LogP contribution in [0.15, 0.2) is 0 Å². The number of hydrogen-bond donors (Lipinski definition) is 1. The summed E-state index contributed by atoms with van der Waals surface area (Å²) < 4.78 is 11.9. The van der Waals surface area contributed by atoms with Crippen molar-refractivity contribution < 1.29 is 8.54 Å². The zero-order valence-corrected chi connectivity index (χ0v) is 12.9. The molecule has 0 aromatic carbocycles. The van der Waals surface area contributed by atoms with Crippen molar-refractivity contribution in [1.82, 2.24) is 0 Å². The zero-order chi connectivity index (χ0) is 11.9. The second kappa shape index (κ2) is 6.80. The van der Waals surface area contributed by atoms with E-state index in [9.17, 15) is 0 Å². The Morgan fingerprint density at radius 3 is 2.13 bits per heavy atom. The first-order valence-electron chi connectivity index (χ1n) is 5.84. The molecule has 0 spiro atoms. The molecule has 2 N–H and O–H groups in total. The van der Waals surface area contributed by atoms with Crippen LogP contribution in [0.25, 0.3) is 0 Å². The third-order valence-electron chi connectivity index (χ3n) is 2.61. The molecule has 0 fully saturated rings. The lowest BCUT2D eigenvalue weighted by atomic mass is 10.5. The van der Waals surface area contributed by atoms with Gasteiger partial charge in [-0.05, 0) is 44.7 Å². The Morgan fingerprint density at radius 2 is 1.73 bits per heavy atom. The number of rotatable bonds is 8. The maximum absolute atomic E-state index is 6.32. The molecule has 0 aliphatic carbocycles. The van der Waals surface area contributed by atoms with Crippen molar-refractivity contribution in [3.05, 3.63) is 0 Å². The van der Waals surface area contributed by atoms with E-state index < -0.39 is 16.9 Å². The van der Waals surface area contributed by atoms with Gasteiger partial charge >= 0.3 is 8.56 Å². The van der Waals surface area contributed by atoms with Crippen molar-refractivity contribution in [1.29, 1.82) is 0 Å². The lowest BCUT2D eigenvalue weighted by molar-refractivity contribution is 0.299. The van der Waals surface area contributed by atoms with Crippen LogP contribution in [0.5, 0.6) is 0 Å². The van der Waals surface area contributed by atoms with Crippen LogP contribution in [0.1, 0.15) is 19.8 Å². The Balaban J connectivity index is 4.27. The van der Waals surface area contributed by atoms with Gasteiger partial charge in [-0.1, -0.05) is 13.3 Å². The molecule has 0 radical (unpaired) electrons. The van der Waals surface area contributed by atoms with Crippen molar-refractivity contribution in [2.75, 3.05) is 13.7 Å². The molecule has 0 aliphatic heterocycles. The van der Waals surface area contributed by atoms with E-state index in [4.69, 9.17) is 14.3 Å². The zero-order valence-electron chi connectivity index (χ0n) is 10.9. The smallest absolute Gasteiger partial charge is 0.324 e. The third kappa shape index (κ3) is 6.47. The molecule has 1 atom stereocenters. The van der Waals surface area contributed by atoms with Crippen molar-refractivity contribution in [2.45, 2.75) is 51.5 Å². The van der Waals surface area contributed by atoms with Crippen molar-refractivity contribution >= 4 is 16.9 Å². The predicted octanol–water partition coefficient (Wildman–Crippen LogP) is 2.69.